The van der Waals surface area contributed by atoms with Crippen LogP contribution in [0.3, 0.4) is 0 Å². The van der Waals surface area contributed by atoms with Gasteiger partial charge in [-0.15, -0.1) is 0 Å². The van der Waals surface area contributed by atoms with Gasteiger partial charge < -0.3 is 15.5 Å². The van der Waals surface area contributed by atoms with Crippen LogP contribution in [0.25, 0.3) is 0 Å². The molecule has 2 N–H and O–H groups in total. The zero-order chi connectivity index (χ0) is 14.5. The number of carbonyl (C=O) groups excluding carboxylic acids is 2. The van der Waals surface area contributed by atoms with E-state index >= 15 is 0 Å². The largest absolute Gasteiger partial charge is 0.359 e. The molecule has 6 nitrogen and oxygen atoms in total. The van der Waals surface area contributed by atoms with E-state index in [1.165, 1.54) is 0 Å². The molecule has 0 radical (unpaired) electrons. The van der Waals surface area contributed by atoms with Crippen LogP contribution in [0.5, 0.6) is 0 Å². The monoisotopic (exact) mass is 282 g/mol. The Bertz CT molecular complexity index is 347. The Kier molecular flexibility index (Phi) is 5.37. The molecule has 114 valence electrons. The van der Waals surface area contributed by atoms with Crippen LogP contribution in [0.15, 0.2) is 0 Å². The minimum atomic E-state index is -0.0706. The molecule has 2 heterocycles. The molecular weight excluding hydrogens is 256 g/mol. The van der Waals surface area contributed by atoms with Gasteiger partial charge in [-0.25, -0.2) is 0 Å². The Balaban J connectivity index is 1.83. The topological polar surface area (TPSA) is 64.7 Å². The van der Waals surface area contributed by atoms with Crippen LogP contribution in [-0.2, 0) is 9.59 Å². The molecular formula is C14H26N4O2. The molecule has 0 spiro atoms. The SMILES string of the molecule is CNC(=O)C1CCN(C(C)C(=O)N2CCNCC2)CC1. The maximum absolute atomic E-state index is 12.4. The van der Waals surface area contributed by atoms with Crippen molar-refractivity contribution in [3.8, 4) is 0 Å². The Labute approximate surface area is 120 Å². The van der Waals surface area contributed by atoms with E-state index in [0.29, 0.717) is 0 Å². The molecule has 1 atom stereocenters. The Hall–Kier alpha value is -1.14. The summed E-state index contributed by atoms with van der Waals surface area (Å²) < 4.78 is 0. The van der Waals surface area contributed by atoms with E-state index in [1.807, 2.05) is 11.8 Å². The van der Waals surface area contributed by atoms with E-state index < -0.39 is 0 Å². The first-order valence-electron chi connectivity index (χ1n) is 7.58. The number of nitrogens with one attached hydrogen (secondary N) is 2. The lowest BCUT2D eigenvalue weighted by molar-refractivity contribution is -0.137. The smallest absolute Gasteiger partial charge is 0.239 e. The van der Waals surface area contributed by atoms with Crippen LogP contribution >= 0.6 is 0 Å². The zero-order valence-corrected chi connectivity index (χ0v) is 12.5. The van der Waals surface area contributed by atoms with E-state index in [4.69, 9.17) is 0 Å². The molecule has 2 saturated heterocycles. The van der Waals surface area contributed by atoms with Crippen molar-refractivity contribution in [3.63, 3.8) is 0 Å². The summed E-state index contributed by atoms with van der Waals surface area (Å²) in [6.07, 6.45) is 1.69. The fourth-order valence-electron chi connectivity index (χ4n) is 3.06. The van der Waals surface area contributed by atoms with Crippen molar-refractivity contribution in [2.45, 2.75) is 25.8 Å². The molecule has 0 aromatic carbocycles. The molecule has 2 aliphatic heterocycles. The van der Waals surface area contributed by atoms with Gasteiger partial charge >= 0.3 is 0 Å². The lowest BCUT2D eigenvalue weighted by Gasteiger charge is -2.38. The van der Waals surface area contributed by atoms with Crippen molar-refractivity contribution in [1.29, 1.82) is 0 Å². The van der Waals surface area contributed by atoms with Gasteiger partial charge in [-0.2, -0.15) is 0 Å². The normalized spacial score (nSPS) is 23.4. The van der Waals surface area contributed by atoms with Gasteiger partial charge in [0.15, 0.2) is 0 Å². The third-order valence-corrected chi connectivity index (χ3v) is 4.48. The Morgan fingerprint density at radius 1 is 1.15 bits per heavy atom. The second-order valence-electron chi connectivity index (χ2n) is 5.68. The summed E-state index contributed by atoms with van der Waals surface area (Å²) in [5, 5.41) is 5.97. The lowest BCUT2D eigenvalue weighted by Crippen LogP contribution is -2.54. The molecule has 0 aromatic rings. The summed E-state index contributed by atoms with van der Waals surface area (Å²) in [5.74, 6) is 0.466. The average molecular weight is 282 g/mol. The van der Waals surface area contributed by atoms with E-state index in [1.54, 1.807) is 7.05 Å². The third kappa shape index (κ3) is 3.49. The van der Waals surface area contributed by atoms with E-state index in [9.17, 15) is 9.59 Å². The minimum Gasteiger partial charge on any atom is -0.359 e. The third-order valence-electron chi connectivity index (χ3n) is 4.48. The molecule has 0 aromatic heterocycles. The van der Waals surface area contributed by atoms with Crippen molar-refractivity contribution in [1.82, 2.24) is 20.4 Å². The first-order valence-corrected chi connectivity index (χ1v) is 7.58. The van der Waals surface area contributed by atoms with Gasteiger partial charge in [0.05, 0.1) is 6.04 Å². The number of rotatable bonds is 3. The number of carbonyl (C=O) groups is 2. The number of nitrogens with zero attached hydrogens (tertiary/aromatic N) is 2. The van der Waals surface area contributed by atoms with Gasteiger partial charge in [-0.3, -0.25) is 14.5 Å². The lowest BCUT2D eigenvalue weighted by atomic mass is 9.95. The number of likely N-dealkylation sites (tertiary alicyclic amines) is 1. The number of piperazine rings is 1. The van der Waals surface area contributed by atoms with Gasteiger partial charge in [0, 0.05) is 39.1 Å². The maximum Gasteiger partial charge on any atom is 0.239 e. The summed E-state index contributed by atoms with van der Waals surface area (Å²) in [6, 6.07) is -0.0706. The zero-order valence-electron chi connectivity index (χ0n) is 12.5. The second kappa shape index (κ2) is 7.04. The molecule has 0 saturated carbocycles. The molecule has 2 amide bonds. The maximum atomic E-state index is 12.4. The highest BCUT2D eigenvalue weighted by molar-refractivity contribution is 5.82. The molecule has 2 aliphatic rings. The fourth-order valence-corrected chi connectivity index (χ4v) is 3.06. The predicted molar refractivity (Wildman–Crippen MR) is 77.3 cm³/mol. The highest BCUT2D eigenvalue weighted by Crippen LogP contribution is 2.20. The van der Waals surface area contributed by atoms with Crippen molar-refractivity contribution < 1.29 is 9.59 Å². The van der Waals surface area contributed by atoms with Gasteiger partial charge in [-0.1, -0.05) is 0 Å². The average Bonchev–Trinajstić information content (AvgIpc) is 2.53. The molecule has 2 fully saturated rings. The standard InChI is InChI=1S/C14H26N4O2/c1-11(14(20)18-9-5-16-6-10-18)17-7-3-12(4-8-17)13(19)15-2/h11-12,16H,3-10H2,1-2H3,(H,15,19). The Morgan fingerprint density at radius 2 is 1.75 bits per heavy atom. The van der Waals surface area contributed by atoms with Crippen LogP contribution in [0.1, 0.15) is 19.8 Å². The summed E-state index contributed by atoms with van der Waals surface area (Å²) in [6.45, 7) is 7.03. The van der Waals surface area contributed by atoms with Crippen LogP contribution in [0, 0.1) is 5.92 Å². The van der Waals surface area contributed by atoms with Crippen LogP contribution < -0.4 is 10.6 Å². The van der Waals surface area contributed by atoms with Gasteiger partial charge in [0.1, 0.15) is 0 Å². The molecule has 1 unspecified atom stereocenters. The van der Waals surface area contributed by atoms with Gasteiger partial charge in [-0.05, 0) is 32.9 Å². The van der Waals surface area contributed by atoms with Crippen molar-refractivity contribution >= 4 is 11.8 Å². The van der Waals surface area contributed by atoms with E-state index in [-0.39, 0.29) is 23.8 Å². The highest BCUT2D eigenvalue weighted by atomic mass is 16.2. The van der Waals surface area contributed by atoms with E-state index in [0.717, 1.165) is 52.1 Å². The van der Waals surface area contributed by atoms with E-state index in [2.05, 4.69) is 15.5 Å². The van der Waals surface area contributed by atoms with Crippen molar-refractivity contribution in [3.05, 3.63) is 0 Å². The van der Waals surface area contributed by atoms with Crippen molar-refractivity contribution in [2.24, 2.45) is 5.92 Å². The second-order valence-corrected chi connectivity index (χ2v) is 5.68. The van der Waals surface area contributed by atoms with Crippen LogP contribution in [0.2, 0.25) is 0 Å². The fraction of sp³-hybridized carbons (Fsp3) is 0.857. The summed E-state index contributed by atoms with van der Waals surface area (Å²) in [5.41, 5.74) is 0. The summed E-state index contributed by atoms with van der Waals surface area (Å²) >= 11 is 0. The number of piperidine rings is 1. The minimum absolute atomic E-state index is 0.0706. The van der Waals surface area contributed by atoms with Crippen LogP contribution in [-0.4, -0.2) is 74.0 Å². The van der Waals surface area contributed by atoms with Gasteiger partial charge in [0.2, 0.25) is 11.8 Å². The first-order chi connectivity index (χ1) is 9.63. The number of amides is 2. The van der Waals surface area contributed by atoms with Crippen molar-refractivity contribution in [2.75, 3.05) is 46.3 Å². The molecule has 20 heavy (non-hydrogen) atoms. The number of hydrogen-bond donors (Lipinski definition) is 2. The summed E-state index contributed by atoms with van der Waals surface area (Å²) in [4.78, 5) is 28.2. The van der Waals surface area contributed by atoms with Crippen LogP contribution in [0.4, 0.5) is 0 Å². The highest BCUT2D eigenvalue weighted by Gasteiger charge is 2.31. The summed E-state index contributed by atoms with van der Waals surface area (Å²) in [7, 11) is 1.69. The Morgan fingerprint density at radius 3 is 2.30 bits per heavy atom. The molecule has 2 rings (SSSR count). The number of hydrogen-bond acceptors (Lipinski definition) is 4. The molecule has 0 bridgehead atoms. The molecule has 0 aliphatic carbocycles. The first kappa shape index (κ1) is 15.3. The molecule has 6 heteroatoms. The predicted octanol–water partition coefficient (Wildman–Crippen LogP) is -0.735. The quantitative estimate of drug-likeness (QED) is 0.716. The van der Waals surface area contributed by atoms with Gasteiger partial charge in [0.25, 0.3) is 0 Å².